The molecule has 0 aromatic heterocycles. The van der Waals surface area contributed by atoms with Gasteiger partial charge in [0.05, 0.1) is 19.1 Å². The van der Waals surface area contributed by atoms with Gasteiger partial charge in [0.1, 0.15) is 30.2 Å². The molecule has 0 spiro atoms. The molecular formula is C42H58N8O9. The summed E-state index contributed by atoms with van der Waals surface area (Å²) in [4.78, 5) is 108. The number of hydrogen-bond acceptors (Lipinski definition) is 9. The fourth-order valence-corrected chi connectivity index (χ4v) is 7.35. The summed E-state index contributed by atoms with van der Waals surface area (Å²) in [6.07, 6.45) is 2.18. The van der Waals surface area contributed by atoms with E-state index in [-0.39, 0.29) is 18.9 Å². The highest BCUT2D eigenvalue weighted by molar-refractivity contribution is 5.97. The second-order valence-corrected chi connectivity index (χ2v) is 15.8. The van der Waals surface area contributed by atoms with Gasteiger partial charge in [0.25, 0.3) is 0 Å². The van der Waals surface area contributed by atoms with Crippen molar-refractivity contribution in [2.24, 2.45) is 17.6 Å². The first kappa shape index (κ1) is 45.9. The van der Waals surface area contributed by atoms with Gasteiger partial charge < -0.3 is 47.2 Å². The van der Waals surface area contributed by atoms with Crippen LogP contribution in [0, 0.1) is 11.8 Å². The van der Waals surface area contributed by atoms with E-state index in [0.717, 1.165) is 11.1 Å². The van der Waals surface area contributed by atoms with Crippen molar-refractivity contribution in [1.82, 2.24) is 36.4 Å². The van der Waals surface area contributed by atoms with Crippen LogP contribution in [0.15, 0.2) is 60.7 Å². The van der Waals surface area contributed by atoms with Gasteiger partial charge in [-0.05, 0) is 55.1 Å². The maximum atomic E-state index is 14.2. The number of likely N-dealkylation sites (tertiary alicyclic amines) is 2. The molecule has 0 radical (unpaired) electrons. The van der Waals surface area contributed by atoms with Gasteiger partial charge in [0.2, 0.25) is 41.4 Å². The van der Waals surface area contributed by atoms with Gasteiger partial charge in [-0.2, -0.15) is 0 Å². The average molecular weight is 819 g/mol. The number of carboxylic acids is 1. The Hall–Kier alpha value is -5.84. The molecule has 4 rings (SSSR count). The first-order valence-electron chi connectivity index (χ1n) is 20.2. The van der Waals surface area contributed by atoms with Crippen LogP contribution >= 0.6 is 0 Å². The van der Waals surface area contributed by atoms with E-state index in [0.29, 0.717) is 38.6 Å². The quantitative estimate of drug-likeness (QED) is 0.0989. The maximum absolute atomic E-state index is 14.2. The lowest BCUT2D eigenvalue weighted by Crippen LogP contribution is -2.59. The van der Waals surface area contributed by atoms with Gasteiger partial charge in [-0.15, -0.1) is 0 Å². The van der Waals surface area contributed by atoms with Crippen LogP contribution in [0.2, 0.25) is 0 Å². The topological polar surface area (TPSA) is 249 Å². The van der Waals surface area contributed by atoms with Crippen molar-refractivity contribution in [2.75, 3.05) is 26.2 Å². The molecule has 59 heavy (non-hydrogen) atoms. The molecule has 2 aliphatic heterocycles. The Bertz CT molecular complexity index is 1810. The van der Waals surface area contributed by atoms with E-state index >= 15 is 0 Å². The normalized spacial score (nSPS) is 18.4. The zero-order chi connectivity index (χ0) is 43.2. The monoisotopic (exact) mass is 818 g/mol. The summed E-state index contributed by atoms with van der Waals surface area (Å²) < 4.78 is 0. The number of nitrogens with two attached hydrogens (primary N) is 1. The molecule has 0 aliphatic carbocycles. The third kappa shape index (κ3) is 13.1. The maximum Gasteiger partial charge on any atom is 0.326 e. The van der Waals surface area contributed by atoms with E-state index in [1.54, 1.807) is 52.0 Å². The van der Waals surface area contributed by atoms with Gasteiger partial charge in [-0.1, -0.05) is 88.4 Å². The van der Waals surface area contributed by atoms with Crippen LogP contribution in [0.25, 0.3) is 0 Å². The fourth-order valence-electron chi connectivity index (χ4n) is 7.35. The summed E-state index contributed by atoms with van der Waals surface area (Å²) in [5.74, 6) is -6.02. The molecule has 2 heterocycles. The molecule has 17 heteroatoms. The van der Waals surface area contributed by atoms with Crippen molar-refractivity contribution in [3.8, 4) is 0 Å². The third-order valence-corrected chi connectivity index (χ3v) is 10.6. The lowest BCUT2D eigenvalue weighted by Gasteiger charge is -2.30. The summed E-state index contributed by atoms with van der Waals surface area (Å²) in [7, 11) is 0. The number of nitrogens with zero attached hydrogens (tertiary/aromatic N) is 2. The number of nitrogens with one attached hydrogen (secondary N) is 5. The van der Waals surface area contributed by atoms with Crippen LogP contribution in [-0.2, 0) is 51.2 Å². The van der Waals surface area contributed by atoms with E-state index < -0.39 is 103 Å². The van der Waals surface area contributed by atoms with E-state index in [9.17, 15) is 43.5 Å². The highest BCUT2D eigenvalue weighted by atomic mass is 16.4. The molecule has 0 bridgehead atoms. The average Bonchev–Trinajstić information content (AvgIpc) is 3.91. The van der Waals surface area contributed by atoms with E-state index in [1.807, 2.05) is 36.4 Å². The van der Waals surface area contributed by atoms with E-state index in [1.165, 1.54) is 9.80 Å². The lowest BCUT2D eigenvalue weighted by atomic mass is 10.0. The highest BCUT2D eigenvalue weighted by Gasteiger charge is 2.40. The van der Waals surface area contributed by atoms with Crippen LogP contribution in [-0.4, -0.2) is 125 Å². The smallest absolute Gasteiger partial charge is 0.326 e. The molecule has 2 aliphatic rings. The minimum atomic E-state index is -1.20. The molecule has 7 amide bonds. The molecule has 0 unspecified atom stereocenters. The minimum Gasteiger partial charge on any atom is -0.480 e. The Morgan fingerprint density at radius 1 is 0.644 bits per heavy atom. The minimum absolute atomic E-state index is 0.0743. The van der Waals surface area contributed by atoms with Crippen molar-refractivity contribution >= 4 is 47.3 Å². The molecule has 2 saturated heterocycles. The number of carboxylic acid groups (broad SMARTS) is 1. The molecule has 2 fully saturated rings. The van der Waals surface area contributed by atoms with Crippen LogP contribution in [0.3, 0.4) is 0 Å². The van der Waals surface area contributed by atoms with Crippen LogP contribution in [0.1, 0.15) is 64.5 Å². The molecule has 2 aromatic carbocycles. The van der Waals surface area contributed by atoms with Gasteiger partial charge in [-0.3, -0.25) is 33.6 Å². The Labute approximate surface area is 344 Å². The number of hydrogen-bond donors (Lipinski definition) is 7. The molecule has 2 aromatic rings. The largest absolute Gasteiger partial charge is 0.480 e. The predicted molar refractivity (Wildman–Crippen MR) is 217 cm³/mol. The van der Waals surface area contributed by atoms with Crippen LogP contribution in [0.4, 0.5) is 0 Å². The molecule has 0 saturated carbocycles. The predicted octanol–water partition coefficient (Wildman–Crippen LogP) is -0.135. The lowest BCUT2D eigenvalue weighted by molar-refractivity contribution is -0.143. The van der Waals surface area contributed by atoms with Crippen molar-refractivity contribution in [2.45, 2.75) is 102 Å². The fraction of sp³-hybridized carbons (Fsp3) is 0.524. The molecular weight excluding hydrogens is 761 g/mol. The molecule has 6 atom stereocenters. The van der Waals surface area contributed by atoms with E-state index in [2.05, 4.69) is 26.6 Å². The Morgan fingerprint density at radius 3 is 1.54 bits per heavy atom. The number of amides is 7. The van der Waals surface area contributed by atoms with Gasteiger partial charge in [0.15, 0.2) is 0 Å². The van der Waals surface area contributed by atoms with Crippen molar-refractivity contribution in [1.29, 1.82) is 0 Å². The number of rotatable bonds is 19. The van der Waals surface area contributed by atoms with Crippen molar-refractivity contribution in [3.63, 3.8) is 0 Å². The second-order valence-electron chi connectivity index (χ2n) is 15.8. The summed E-state index contributed by atoms with van der Waals surface area (Å²) in [5.41, 5.74) is 7.86. The molecule has 17 nitrogen and oxygen atoms in total. The van der Waals surface area contributed by atoms with Gasteiger partial charge >= 0.3 is 5.97 Å². The standard InChI is InChI=1S/C42H58N8O9/c1-25(2)35(47-33(51)23-44-37(53)31-17-11-19-49(31)40(56)29(43)21-27-13-7-5-8-14-27)39(55)46-30(22-28-15-9-6-10-16-28)41(57)50-20-12-18-32(50)38(54)45-24-34(52)48-36(26(3)4)42(58)59/h5-10,13-16,25-26,29-32,35-36H,11-12,17-24,43H2,1-4H3,(H,44,53)(H,45,54)(H,46,55)(H,47,51)(H,48,52)(H,58,59)/t29-,30-,31-,32-,35-,36-/m0/s1. The van der Waals surface area contributed by atoms with Crippen molar-refractivity contribution in [3.05, 3.63) is 71.8 Å². The van der Waals surface area contributed by atoms with Crippen LogP contribution < -0.4 is 32.3 Å². The summed E-state index contributed by atoms with van der Waals surface area (Å²) >= 11 is 0. The molecule has 8 N–H and O–H groups in total. The zero-order valence-electron chi connectivity index (χ0n) is 34.1. The molecule has 320 valence electrons. The van der Waals surface area contributed by atoms with E-state index in [4.69, 9.17) is 5.73 Å². The van der Waals surface area contributed by atoms with Gasteiger partial charge in [0, 0.05) is 19.5 Å². The SMILES string of the molecule is CC(C)[C@H](NC(=O)CNC(=O)[C@@H]1CCCN1C(=O)[C@H](Cc1ccccc1)NC(=O)[C@@H](NC(=O)CNC(=O)[C@@H]1CCCN1C(=O)[C@@H](N)Cc1ccccc1)C(C)C)C(=O)O. The summed E-state index contributed by atoms with van der Waals surface area (Å²) in [5, 5.41) is 22.4. The number of aliphatic carboxylic acids is 1. The number of carbonyl (C=O) groups is 8. The number of carbonyl (C=O) groups excluding carboxylic acids is 7. The third-order valence-electron chi connectivity index (χ3n) is 10.6. The Kier molecular flexibility index (Phi) is 16.9. The number of benzene rings is 2. The van der Waals surface area contributed by atoms with Crippen molar-refractivity contribution < 1.29 is 43.5 Å². The Morgan fingerprint density at radius 2 is 1.08 bits per heavy atom. The van der Waals surface area contributed by atoms with Gasteiger partial charge in [-0.25, -0.2) is 4.79 Å². The summed E-state index contributed by atoms with van der Waals surface area (Å²) in [6.45, 7) is 6.33. The first-order valence-corrected chi connectivity index (χ1v) is 20.2. The highest BCUT2D eigenvalue weighted by Crippen LogP contribution is 2.21. The Balaban J connectivity index is 1.37. The van der Waals surface area contributed by atoms with Crippen LogP contribution in [0.5, 0.6) is 0 Å². The summed E-state index contributed by atoms with van der Waals surface area (Å²) in [6, 6.07) is 12.3. The second kappa shape index (κ2) is 21.8. The first-order chi connectivity index (χ1) is 28.1. The zero-order valence-corrected chi connectivity index (χ0v) is 34.1.